The number of hydrogen-bond acceptors (Lipinski definition) is 5. The second-order valence-electron chi connectivity index (χ2n) is 8.48. The van der Waals surface area contributed by atoms with Gasteiger partial charge in [0.15, 0.2) is 0 Å². The molecule has 0 aliphatic carbocycles. The minimum atomic E-state index is -0.709. The van der Waals surface area contributed by atoms with E-state index in [1.54, 1.807) is 0 Å². The lowest BCUT2D eigenvalue weighted by atomic mass is 9.72. The van der Waals surface area contributed by atoms with Crippen molar-refractivity contribution in [3.63, 3.8) is 0 Å². The molecule has 1 aromatic heterocycles. The molecule has 0 bridgehead atoms. The zero-order valence-electron chi connectivity index (χ0n) is 19.0. The molecule has 5 nitrogen and oxygen atoms in total. The second kappa shape index (κ2) is 8.87. The number of thiazole rings is 1. The number of aryl methyl sites for hydroxylation is 3. The van der Waals surface area contributed by atoms with E-state index in [0.29, 0.717) is 30.8 Å². The normalized spacial score (nSPS) is 15.4. The summed E-state index contributed by atoms with van der Waals surface area (Å²) in [5.41, 5.74) is 4.42. The zero-order chi connectivity index (χ0) is 22.9. The average Bonchev–Trinajstić information content (AvgIpc) is 3.19. The first-order valence-corrected chi connectivity index (χ1v) is 11.7. The van der Waals surface area contributed by atoms with Crippen LogP contribution in [0.15, 0.2) is 48.5 Å². The van der Waals surface area contributed by atoms with Crippen molar-refractivity contribution in [2.24, 2.45) is 0 Å². The zero-order valence-corrected chi connectivity index (χ0v) is 19.8. The third-order valence-electron chi connectivity index (χ3n) is 6.41. The third kappa shape index (κ3) is 3.95. The summed E-state index contributed by atoms with van der Waals surface area (Å²) in [7, 11) is 1.43. The summed E-state index contributed by atoms with van der Waals surface area (Å²) < 4.78 is 5.17. The molecule has 2 heterocycles. The van der Waals surface area contributed by atoms with Crippen LogP contribution < -0.4 is 0 Å². The van der Waals surface area contributed by atoms with Crippen molar-refractivity contribution in [1.82, 2.24) is 9.88 Å². The monoisotopic (exact) mass is 448 g/mol. The Labute approximate surface area is 193 Å². The summed E-state index contributed by atoms with van der Waals surface area (Å²) in [6.07, 6.45) is 1.08. The van der Waals surface area contributed by atoms with Crippen molar-refractivity contribution < 1.29 is 14.3 Å². The van der Waals surface area contributed by atoms with Gasteiger partial charge in [0.25, 0.3) is 5.91 Å². The number of carbonyl (C=O) groups excluding carboxylic acids is 2. The molecule has 0 radical (unpaired) electrons. The first-order chi connectivity index (χ1) is 15.4. The molecule has 0 N–H and O–H groups in total. The number of esters is 1. The Morgan fingerprint density at radius 1 is 1.03 bits per heavy atom. The predicted molar refractivity (Wildman–Crippen MR) is 127 cm³/mol. The van der Waals surface area contributed by atoms with Crippen LogP contribution in [-0.4, -0.2) is 42.0 Å². The fourth-order valence-electron chi connectivity index (χ4n) is 4.56. The highest BCUT2D eigenvalue weighted by molar-refractivity contribution is 7.17. The molecule has 0 atom stereocenters. The molecule has 0 spiro atoms. The SMILES string of the molecule is COC(=O)C1(c2ccccc2)CCN(C(=O)c2sc(-c3ccc(C)cc3C)nc2C)CC1. The molecule has 6 heteroatoms. The van der Waals surface area contributed by atoms with E-state index >= 15 is 0 Å². The van der Waals surface area contributed by atoms with Crippen molar-refractivity contribution in [2.75, 3.05) is 20.2 Å². The molecule has 2 aromatic carbocycles. The molecule has 4 rings (SSSR count). The van der Waals surface area contributed by atoms with Crippen molar-refractivity contribution in [1.29, 1.82) is 0 Å². The van der Waals surface area contributed by atoms with Gasteiger partial charge in [0.05, 0.1) is 18.2 Å². The number of aromatic nitrogens is 1. The van der Waals surface area contributed by atoms with E-state index in [1.807, 2.05) is 42.2 Å². The smallest absolute Gasteiger partial charge is 0.316 e. The third-order valence-corrected chi connectivity index (χ3v) is 7.59. The number of piperidine rings is 1. The Hall–Kier alpha value is -2.99. The van der Waals surface area contributed by atoms with Crippen LogP contribution in [0.2, 0.25) is 0 Å². The van der Waals surface area contributed by atoms with Gasteiger partial charge in [-0.25, -0.2) is 4.98 Å². The number of nitrogens with zero attached hydrogens (tertiary/aromatic N) is 2. The molecule has 1 aliphatic rings. The minimum absolute atomic E-state index is 0.0115. The molecule has 0 unspecified atom stereocenters. The molecular formula is C26H28N2O3S. The van der Waals surface area contributed by atoms with Crippen LogP contribution >= 0.6 is 11.3 Å². The summed E-state index contributed by atoms with van der Waals surface area (Å²) in [6.45, 7) is 7.03. The van der Waals surface area contributed by atoms with E-state index in [1.165, 1.54) is 24.0 Å². The Morgan fingerprint density at radius 2 is 1.72 bits per heavy atom. The van der Waals surface area contributed by atoms with Gasteiger partial charge >= 0.3 is 5.97 Å². The van der Waals surface area contributed by atoms with Crippen LogP contribution in [0.3, 0.4) is 0 Å². The van der Waals surface area contributed by atoms with Crippen LogP contribution in [0.25, 0.3) is 10.6 Å². The van der Waals surface area contributed by atoms with E-state index in [2.05, 4.69) is 32.0 Å². The lowest BCUT2D eigenvalue weighted by molar-refractivity contribution is -0.149. The molecule has 1 saturated heterocycles. The molecule has 1 aliphatic heterocycles. The van der Waals surface area contributed by atoms with Gasteiger partial charge in [0.1, 0.15) is 9.88 Å². The highest BCUT2D eigenvalue weighted by Gasteiger charge is 2.45. The Balaban J connectivity index is 1.56. The summed E-state index contributed by atoms with van der Waals surface area (Å²) in [5.74, 6) is -0.246. The quantitative estimate of drug-likeness (QED) is 0.522. The van der Waals surface area contributed by atoms with Crippen LogP contribution in [-0.2, 0) is 14.9 Å². The Bertz CT molecular complexity index is 1150. The Morgan fingerprint density at radius 3 is 2.34 bits per heavy atom. The molecule has 3 aromatic rings. The molecule has 32 heavy (non-hydrogen) atoms. The van der Waals surface area contributed by atoms with E-state index in [4.69, 9.17) is 9.72 Å². The maximum absolute atomic E-state index is 13.4. The van der Waals surface area contributed by atoms with Crippen molar-refractivity contribution in [3.8, 4) is 10.6 Å². The summed E-state index contributed by atoms with van der Waals surface area (Å²) in [5, 5.41) is 0.869. The second-order valence-corrected chi connectivity index (χ2v) is 9.48. The average molecular weight is 449 g/mol. The Kier molecular flexibility index (Phi) is 6.15. The largest absolute Gasteiger partial charge is 0.468 e. The summed E-state index contributed by atoms with van der Waals surface area (Å²) >= 11 is 1.45. The number of likely N-dealkylation sites (tertiary alicyclic amines) is 1. The fourth-order valence-corrected chi connectivity index (χ4v) is 5.69. The number of amides is 1. The molecule has 1 amide bonds. The van der Waals surface area contributed by atoms with Crippen molar-refractivity contribution >= 4 is 23.2 Å². The molecule has 1 fully saturated rings. The van der Waals surface area contributed by atoms with Gasteiger partial charge in [-0.05, 0) is 44.7 Å². The molecule has 0 saturated carbocycles. The number of methoxy groups -OCH3 is 1. The number of ether oxygens (including phenoxy) is 1. The van der Waals surface area contributed by atoms with Crippen LogP contribution in [0.1, 0.15) is 44.9 Å². The number of rotatable bonds is 4. The van der Waals surface area contributed by atoms with Gasteiger partial charge in [-0.3, -0.25) is 9.59 Å². The lowest BCUT2D eigenvalue weighted by Crippen LogP contribution is -2.49. The van der Waals surface area contributed by atoms with Gasteiger partial charge in [0.2, 0.25) is 0 Å². The van der Waals surface area contributed by atoms with Gasteiger partial charge in [0, 0.05) is 18.7 Å². The van der Waals surface area contributed by atoms with Crippen molar-refractivity contribution in [2.45, 2.75) is 39.0 Å². The van der Waals surface area contributed by atoms with Crippen molar-refractivity contribution in [3.05, 3.63) is 75.8 Å². The van der Waals surface area contributed by atoms with E-state index in [0.717, 1.165) is 27.4 Å². The van der Waals surface area contributed by atoms with E-state index < -0.39 is 5.41 Å². The van der Waals surface area contributed by atoms with E-state index in [9.17, 15) is 9.59 Å². The number of benzene rings is 2. The van der Waals surface area contributed by atoms with Crippen LogP contribution in [0, 0.1) is 20.8 Å². The first-order valence-electron chi connectivity index (χ1n) is 10.8. The lowest BCUT2D eigenvalue weighted by Gasteiger charge is -2.40. The van der Waals surface area contributed by atoms with Gasteiger partial charge < -0.3 is 9.64 Å². The predicted octanol–water partition coefficient (Wildman–Crippen LogP) is 5.08. The van der Waals surface area contributed by atoms with Gasteiger partial charge in [-0.2, -0.15) is 0 Å². The fraction of sp³-hybridized carbons (Fsp3) is 0.346. The summed E-state index contributed by atoms with van der Waals surface area (Å²) in [6, 6.07) is 16.0. The standard InChI is InChI=1S/C26H28N2O3S/c1-17-10-11-21(18(2)16-17)23-27-19(3)22(32-23)24(29)28-14-12-26(13-15-28,25(30)31-4)20-8-6-5-7-9-20/h5-11,16H,12-15H2,1-4H3. The van der Waals surface area contributed by atoms with Gasteiger partial charge in [-0.1, -0.05) is 54.1 Å². The topological polar surface area (TPSA) is 59.5 Å². The first kappa shape index (κ1) is 22.2. The summed E-state index contributed by atoms with van der Waals surface area (Å²) in [4.78, 5) is 33.4. The molecule has 166 valence electrons. The number of hydrogen-bond donors (Lipinski definition) is 0. The maximum Gasteiger partial charge on any atom is 0.316 e. The minimum Gasteiger partial charge on any atom is -0.468 e. The highest BCUT2D eigenvalue weighted by atomic mass is 32.1. The van der Waals surface area contributed by atoms with Crippen LogP contribution in [0.4, 0.5) is 0 Å². The van der Waals surface area contributed by atoms with Crippen LogP contribution in [0.5, 0.6) is 0 Å². The maximum atomic E-state index is 13.4. The highest BCUT2D eigenvalue weighted by Crippen LogP contribution is 2.38. The van der Waals surface area contributed by atoms with E-state index in [-0.39, 0.29) is 11.9 Å². The number of carbonyl (C=O) groups is 2. The van der Waals surface area contributed by atoms with Gasteiger partial charge in [-0.15, -0.1) is 11.3 Å². The molecular weight excluding hydrogens is 420 g/mol.